The van der Waals surface area contributed by atoms with Crippen LogP contribution in [0.3, 0.4) is 0 Å². The predicted octanol–water partition coefficient (Wildman–Crippen LogP) is 0.723. The van der Waals surface area contributed by atoms with Crippen molar-refractivity contribution in [2.75, 3.05) is 13.1 Å². The molecule has 1 aliphatic heterocycles. The summed E-state index contributed by atoms with van der Waals surface area (Å²) in [5.41, 5.74) is 5.57. The molecule has 0 saturated carbocycles. The number of nitrogens with two attached hydrogens (primary N) is 1. The molecule has 2 rings (SSSR count). The van der Waals surface area contributed by atoms with Crippen molar-refractivity contribution in [3.05, 3.63) is 24.3 Å². The van der Waals surface area contributed by atoms with Crippen LogP contribution in [0.15, 0.2) is 23.4 Å². The molecular formula is C11H16FN3O2S. The first kappa shape index (κ1) is 13.4. The van der Waals surface area contributed by atoms with E-state index in [9.17, 15) is 12.8 Å². The summed E-state index contributed by atoms with van der Waals surface area (Å²) >= 11 is 0. The van der Waals surface area contributed by atoms with Crippen LogP contribution in [0.2, 0.25) is 0 Å². The first-order chi connectivity index (χ1) is 8.37. The molecule has 5 nitrogen and oxygen atoms in total. The molecule has 2 N–H and O–H groups in total. The van der Waals surface area contributed by atoms with Gasteiger partial charge in [0.15, 0.2) is 0 Å². The summed E-state index contributed by atoms with van der Waals surface area (Å²) in [4.78, 5) is 3.43. The third kappa shape index (κ3) is 2.38. The number of aromatic nitrogens is 1. The SMILES string of the molecule is CCCC1(N)CN(S(=O)(=O)c2cncc(F)c2)C1. The van der Waals surface area contributed by atoms with E-state index in [0.717, 1.165) is 31.3 Å². The number of rotatable bonds is 4. The lowest BCUT2D eigenvalue weighted by molar-refractivity contribution is 0.147. The Kier molecular flexibility index (Phi) is 3.39. The highest BCUT2D eigenvalue weighted by Crippen LogP contribution is 2.29. The Morgan fingerprint density at radius 1 is 1.50 bits per heavy atom. The van der Waals surface area contributed by atoms with Gasteiger partial charge >= 0.3 is 0 Å². The molecule has 0 bridgehead atoms. The van der Waals surface area contributed by atoms with Crippen molar-refractivity contribution in [1.29, 1.82) is 0 Å². The van der Waals surface area contributed by atoms with Crippen LogP contribution < -0.4 is 5.73 Å². The number of hydrogen-bond donors (Lipinski definition) is 1. The van der Waals surface area contributed by atoms with Gasteiger partial charge in [-0.25, -0.2) is 12.8 Å². The fourth-order valence-corrected chi connectivity index (χ4v) is 3.77. The third-order valence-electron chi connectivity index (χ3n) is 3.05. The Hall–Kier alpha value is -1.05. The highest BCUT2D eigenvalue weighted by molar-refractivity contribution is 7.89. The normalized spacial score (nSPS) is 19.5. The zero-order chi connectivity index (χ0) is 13.4. The topological polar surface area (TPSA) is 76.3 Å². The Bertz CT molecular complexity index is 541. The summed E-state index contributed by atoms with van der Waals surface area (Å²) in [5.74, 6) is -0.663. The lowest BCUT2D eigenvalue weighted by Gasteiger charge is -2.46. The largest absolute Gasteiger partial charge is 0.323 e. The molecule has 1 aromatic heterocycles. The second kappa shape index (κ2) is 4.56. The van der Waals surface area contributed by atoms with E-state index in [2.05, 4.69) is 4.98 Å². The zero-order valence-electron chi connectivity index (χ0n) is 10.1. The van der Waals surface area contributed by atoms with E-state index in [4.69, 9.17) is 5.73 Å². The van der Waals surface area contributed by atoms with E-state index in [1.807, 2.05) is 6.92 Å². The Labute approximate surface area is 106 Å². The highest BCUT2D eigenvalue weighted by atomic mass is 32.2. The summed E-state index contributed by atoms with van der Waals surface area (Å²) in [6.45, 7) is 2.56. The molecule has 0 spiro atoms. The maximum Gasteiger partial charge on any atom is 0.244 e. The van der Waals surface area contributed by atoms with Crippen LogP contribution in [0.1, 0.15) is 19.8 Å². The lowest BCUT2D eigenvalue weighted by Crippen LogP contribution is -2.68. The summed E-state index contributed by atoms with van der Waals surface area (Å²) in [6.07, 6.45) is 3.81. The van der Waals surface area contributed by atoms with E-state index in [1.54, 1.807) is 0 Å². The van der Waals surface area contributed by atoms with Gasteiger partial charge in [0.1, 0.15) is 10.7 Å². The van der Waals surface area contributed by atoms with Gasteiger partial charge in [-0.05, 0) is 12.5 Å². The van der Waals surface area contributed by atoms with E-state index in [0.29, 0.717) is 0 Å². The van der Waals surface area contributed by atoms with Crippen LogP contribution in [0.5, 0.6) is 0 Å². The van der Waals surface area contributed by atoms with Gasteiger partial charge in [0.25, 0.3) is 0 Å². The van der Waals surface area contributed by atoms with E-state index in [1.165, 1.54) is 4.31 Å². The number of nitrogens with zero attached hydrogens (tertiary/aromatic N) is 2. The van der Waals surface area contributed by atoms with Gasteiger partial charge in [0.2, 0.25) is 10.0 Å². The molecular weight excluding hydrogens is 257 g/mol. The Balaban J connectivity index is 2.15. The first-order valence-corrected chi connectivity index (χ1v) is 7.21. The minimum Gasteiger partial charge on any atom is -0.323 e. The number of pyridine rings is 1. The highest BCUT2D eigenvalue weighted by Gasteiger charge is 2.45. The van der Waals surface area contributed by atoms with E-state index < -0.39 is 21.4 Å². The fraction of sp³-hybridized carbons (Fsp3) is 0.545. The Morgan fingerprint density at radius 3 is 2.72 bits per heavy atom. The average Bonchev–Trinajstić information content (AvgIpc) is 2.26. The lowest BCUT2D eigenvalue weighted by atomic mass is 9.89. The van der Waals surface area contributed by atoms with Crippen LogP contribution in [0.25, 0.3) is 0 Å². The molecule has 0 radical (unpaired) electrons. The molecule has 2 heterocycles. The van der Waals surface area contributed by atoms with Gasteiger partial charge in [0.05, 0.1) is 6.20 Å². The summed E-state index contributed by atoms with van der Waals surface area (Å²) < 4.78 is 38.5. The minimum absolute atomic E-state index is 0.124. The maximum absolute atomic E-state index is 13.0. The van der Waals surface area contributed by atoms with Crippen LogP contribution in [-0.4, -0.2) is 36.3 Å². The van der Waals surface area contributed by atoms with Gasteiger partial charge in [-0.1, -0.05) is 13.3 Å². The molecule has 0 aliphatic carbocycles. The van der Waals surface area contributed by atoms with Crippen molar-refractivity contribution in [2.24, 2.45) is 5.73 Å². The second-order valence-electron chi connectivity index (χ2n) is 4.72. The van der Waals surface area contributed by atoms with E-state index in [-0.39, 0.29) is 18.0 Å². The van der Waals surface area contributed by atoms with Crippen molar-refractivity contribution in [2.45, 2.75) is 30.2 Å². The van der Waals surface area contributed by atoms with Gasteiger partial charge in [0, 0.05) is 24.8 Å². The molecule has 0 atom stereocenters. The van der Waals surface area contributed by atoms with Crippen molar-refractivity contribution in [1.82, 2.24) is 9.29 Å². The van der Waals surface area contributed by atoms with Crippen molar-refractivity contribution >= 4 is 10.0 Å². The number of halogens is 1. The van der Waals surface area contributed by atoms with Crippen molar-refractivity contribution in [3.63, 3.8) is 0 Å². The minimum atomic E-state index is -3.66. The molecule has 1 aromatic rings. The van der Waals surface area contributed by atoms with Crippen LogP contribution >= 0.6 is 0 Å². The standard InChI is InChI=1S/C11H16FN3O2S/c1-2-3-11(13)7-15(8-11)18(16,17)10-4-9(12)5-14-6-10/h4-6H,2-3,7-8,13H2,1H3. The molecule has 18 heavy (non-hydrogen) atoms. The van der Waals surface area contributed by atoms with Crippen LogP contribution in [0, 0.1) is 5.82 Å². The molecule has 0 aromatic carbocycles. The molecule has 7 heteroatoms. The van der Waals surface area contributed by atoms with Crippen LogP contribution in [0.4, 0.5) is 4.39 Å². The van der Waals surface area contributed by atoms with Crippen molar-refractivity contribution in [3.8, 4) is 0 Å². The molecule has 1 fully saturated rings. The second-order valence-corrected chi connectivity index (χ2v) is 6.66. The van der Waals surface area contributed by atoms with Crippen LogP contribution in [-0.2, 0) is 10.0 Å². The number of sulfonamides is 1. The third-order valence-corrected chi connectivity index (χ3v) is 4.80. The zero-order valence-corrected chi connectivity index (χ0v) is 11.0. The summed E-state index contributed by atoms with van der Waals surface area (Å²) in [6, 6.07) is 0.971. The van der Waals surface area contributed by atoms with Crippen molar-refractivity contribution < 1.29 is 12.8 Å². The Morgan fingerprint density at radius 2 is 2.17 bits per heavy atom. The fourth-order valence-electron chi connectivity index (χ4n) is 2.16. The summed E-state index contributed by atoms with van der Waals surface area (Å²) in [5, 5.41) is 0. The quantitative estimate of drug-likeness (QED) is 0.877. The smallest absolute Gasteiger partial charge is 0.244 e. The van der Waals surface area contributed by atoms with Gasteiger partial charge in [-0.15, -0.1) is 0 Å². The summed E-state index contributed by atoms with van der Waals surface area (Å²) in [7, 11) is -3.66. The maximum atomic E-state index is 13.0. The van der Waals surface area contributed by atoms with Gasteiger partial charge in [-0.2, -0.15) is 4.31 Å². The molecule has 0 unspecified atom stereocenters. The van der Waals surface area contributed by atoms with Gasteiger partial charge < -0.3 is 5.73 Å². The monoisotopic (exact) mass is 273 g/mol. The molecule has 1 aliphatic rings. The predicted molar refractivity (Wildman–Crippen MR) is 64.8 cm³/mol. The van der Waals surface area contributed by atoms with Gasteiger partial charge in [-0.3, -0.25) is 4.98 Å². The molecule has 1 saturated heterocycles. The number of hydrogen-bond acceptors (Lipinski definition) is 4. The average molecular weight is 273 g/mol. The molecule has 0 amide bonds. The molecule has 100 valence electrons. The first-order valence-electron chi connectivity index (χ1n) is 5.77. The van der Waals surface area contributed by atoms with E-state index >= 15 is 0 Å².